The number of hydrogen-bond donors (Lipinski definition) is 0. The number of fused-ring (bicyclic) bond motifs is 3. The molecule has 0 unspecified atom stereocenters. The molecule has 0 radical (unpaired) electrons. The molecule has 1 saturated heterocycles. The van der Waals surface area contributed by atoms with E-state index in [9.17, 15) is 0 Å². The number of para-hydroxylation sites is 1. The van der Waals surface area contributed by atoms with Gasteiger partial charge in [0.2, 0.25) is 0 Å². The van der Waals surface area contributed by atoms with Crippen molar-refractivity contribution in [3.8, 4) is 0 Å². The molecule has 7 rings (SSSR count). The fourth-order valence-electron chi connectivity index (χ4n) is 6.88. The van der Waals surface area contributed by atoms with Crippen molar-refractivity contribution in [2.24, 2.45) is 5.92 Å². The van der Waals surface area contributed by atoms with Crippen LogP contribution in [0.1, 0.15) is 36.0 Å². The van der Waals surface area contributed by atoms with Crippen molar-refractivity contribution in [2.75, 3.05) is 13.1 Å². The molecule has 5 heteroatoms. The lowest BCUT2D eigenvalue weighted by molar-refractivity contribution is 0.0979. The maximum absolute atomic E-state index is 6.52. The normalized spacial score (nSPS) is 15.0. The number of rotatable bonds is 7. The van der Waals surface area contributed by atoms with Gasteiger partial charge in [0, 0.05) is 11.9 Å². The maximum Gasteiger partial charge on any atom is 0.157 e. The van der Waals surface area contributed by atoms with E-state index in [-0.39, 0.29) is 5.54 Å². The Balaban J connectivity index is 1.17. The Morgan fingerprint density at radius 3 is 1.83 bits per heavy atom. The first-order valence-electron chi connectivity index (χ1n) is 14.6. The topological polar surface area (TPSA) is 34.0 Å². The highest BCUT2D eigenvalue weighted by Gasteiger charge is 2.43. The predicted octanol–water partition coefficient (Wildman–Crippen LogP) is 8.33. The summed E-state index contributed by atoms with van der Waals surface area (Å²) >= 11 is 6.52. The molecule has 1 aliphatic rings. The zero-order chi connectivity index (χ0) is 27.6. The Labute approximate surface area is 246 Å². The van der Waals surface area contributed by atoms with E-state index in [4.69, 9.17) is 11.6 Å². The second-order valence-corrected chi connectivity index (χ2v) is 11.4. The molecule has 41 heavy (non-hydrogen) atoms. The van der Waals surface area contributed by atoms with Gasteiger partial charge in [-0.3, -0.25) is 4.90 Å². The van der Waals surface area contributed by atoms with E-state index in [1.807, 2.05) is 18.5 Å². The lowest BCUT2D eigenvalue weighted by atomic mass is 9.74. The van der Waals surface area contributed by atoms with Gasteiger partial charge < -0.3 is 4.57 Å². The molecule has 1 fully saturated rings. The molecule has 0 saturated carbocycles. The van der Waals surface area contributed by atoms with Crippen LogP contribution in [0.25, 0.3) is 21.9 Å². The smallest absolute Gasteiger partial charge is 0.157 e. The number of benzene rings is 4. The fraction of sp³-hybridized carbons (Fsp3) is 0.222. The van der Waals surface area contributed by atoms with Gasteiger partial charge in [-0.2, -0.15) is 0 Å². The van der Waals surface area contributed by atoms with E-state index in [1.165, 1.54) is 16.7 Å². The quantitative estimate of drug-likeness (QED) is 0.146. The van der Waals surface area contributed by atoms with Gasteiger partial charge in [-0.05, 0) is 61.0 Å². The maximum atomic E-state index is 6.52. The third-order valence-corrected chi connectivity index (χ3v) is 9.12. The van der Waals surface area contributed by atoms with E-state index < -0.39 is 0 Å². The minimum absolute atomic E-state index is 0.335. The molecule has 0 spiro atoms. The highest BCUT2D eigenvalue weighted by Crippen LogP contribution is 2.44. The molecule has 0 N–H and O–H groups in total. The minimum Gasteiger partial charge on any atom is -0.330 e. The average Bonchev–Trinajstić information content (AvgIpc) is 3.48. The van der Waals surface area contributed by atoms with Crippen LogP contribution in [0.3, 0.4) is 0 Å². The summed E-state index contributed by atoms with van der Waals surface area (Å²) in [4.78, 5) is 11.9. The van der Waals surface area contributed by atoms with E-state index >= 15 is 0 Å². The highest BCUT2D eigenvalue weighted by atomic mass is 35.5. The number of aromatic nitrogens is 3. The number of likely N-dealkylation sites (tertiary alicyclic amines) is 1. The van der Waals surface area contributed by atoms with Crippen molar-refractivity contribution in [1.82, 2.24) is 19.4 Å². The molecular formula is C36H33ClN4. The summed E-state index contributed by atoms with van der Waals surface area (Å²) in [7, 11) is 0. The second-order valence-electron chi connectivity index (χ2n) is 11.1. The second kappa shape index (κ2) is 11.1. The number of halogens is 1. The Morgan fingerprint density at radius 2 is 1.24 bits per heavy atom. The fourth-order valence-corrected chi connectivity index (χ4v) is 7.11. The van der Waals surface area contributed by atoms with E-state index in [2.05, 4.69) is 123 Å². The van der Waals surface area contributed by atoms with E-state index in [1.54, 1.807) is 0 Å². The van der Waals surface area contributed by atoms with Crippen molar-refractivity contribution < 1.29 is 0 Å². The number of piperidine rings is 1. The monoisotopic (exact) mass is 556 g/mol. The third kappa shape index (κ3) is 4.61. The summed E-state index contributed by atoms with van der Waals surface area (Å²) in [5, 5.41) is 1.59. The summed E-state index contributed by atoms with van der Waals surface area (Å²) < 4.78 is 2.28. The van der Waals surface area contributed by atoms with Crippen LogP contribution in [0.4, 0.5) is 0 Å². The summed E-state index contributed by atoms with van der Waals surface area (Å²) in [6.45, 7) is 2.99. The molecule has 0 bridgehead atoms. The van der Waals surface area contributed by atoms with Gasteiger partial charge in [-0.1, -0.05) is 121 Å². The standard InChI is InChI=1S/C36H33ClN4/c37-35-33-34(31-18-10-11-19-32(31)39-35)40(26-38-33)23-20-27-21-24-41(25-22-27)36(28-12-4-1-5-13-28,29-14-6-2-7-15-29)30-16-8-3-9-17-30/h1-19,26-27H,20-25H2. The lowest BCUT2D eigenvalue weighted by Crippen LogP contribution is -2.51. The Hall–Kier alpha value is -3.99. The summed E-state index contributed by atoms with van der Waals surface area (Å²) in [6, 6.07) is 41.3. The molecule has 2 aromatic heterocycles. The van der Waals surface area contributed by atoms with Crippen LogP contribution in [0.5, 0.6) is 0 Å². The SMILES string of the molecule is Clc1nc2ccccc2c2c1ncn2CCC1CCN(C(c2ccccc2)(c2ccccc2)c2ccccc2)CC1. The van der Waals surface area contributed by atoms with Gasteiger partial charge in [0.15, 0.2) is 5.15 Å². The molecule has 204 valence electrons. The number of imidazole rings is 1. The van der Waals surface area contributed by atoms with Crippen LogP contribution in [0.15, 0.2) is 122 Å². The van der Waals surface area contributed by atoms with Crippen LogP contribution in [-0.4, -0.2) is 32.5 Å². The molecule has 6 aromatic rings. The van der Waals surface area contributed by atoms with Crippen molar-refractivity contribution in [3.05, 3.63) is 143 Å². The van der Waals surface area contributed by atoms with Gasteiger partial charge in [-0.25, -0.2) is 9.97 Å². The minimum atomic E-state index is -0.335. The van der Waals surface area contributed by atoms with Crippen LogP contribution >= 0.6 is 11.6 Å². The molecule has 4 aromatic carbocycles. The number of pyridine rings is 1. The molecule has 0 amide bonds. The molecule has 0 atom stereocenters. The van der Waals surface area contributed by atoms with Crippen LogP contribution in [0.2, 0.25) is 5.15 Å². The van der Waals surface area contributed by atoms with Gasteiger partial charge in [0.05, 0.1) is 22.9 Å². The number of nitrogens with zero attached hydrogens (tertiary/aromatic N) is 4. The number of aryl methyl sites for hydroxylation is 1. The van der Waals surface area contributed by atoms with Gasteiger partial charge in [0.25, 0.3) is 0 Å². The molecule has 0 aliphatic carbocycles. The first kappa shape index (κ1) is 25.9. The van der Waals surface area contributed by atoms with Crippen molar-refractivity contribution in [1.29, 1.82) is 0 Å². The van der Waals surface area contributed by atoms with Crippen molar-refractivity contribution in [2.45, 2.75) is 31.3 Å². The van der Waals surface area contributed by atoms with E-state index in [0.717, 1.165) is 60.8 Å². The first-order valence-corrected chi connectivity index (χ1v) is 14.9. The summed E-state index contributed by atoms with van der Waals surface area (Å²) in [5.74, 6) is 0.646. The van der Waals surface area contributed by atoms with E-state index in [0.29, 0.717) is 11.1 Å². The Morgan fingerprint density at radius 1 is 0.707 bits per heavy atom. The molecule has 3 heterocycles. The van der Waals surface area contributed by atoms with Crippen LogP contribution in [-0.2, 0) is 12.1 Å². The van der Waals surface area contributed by atoms with Crippen LogP contribution in [0, 0.1) is 5.92 Å². The Kier molecular flexibility index (Phi) is 7.03. The van der Waals surface area contributed by atoms with Crippen molar-refractivity contribution >= 4 is 33.5 Å². The van der Waals surface area contributed by atoms with Crippen molar-refractivity contribution in [3.63, 3.8) is 0 Å². The van der Waals surface area contributed by atoms with Crippen LogP contribution < -0.4 is 0 Å². The first-order chi connectivity index (χ1) is 20.2. The summed E-state index contributed by atoms with van der Waals surface area (Å²) in [5.41, 5.74) is 6.42. The molecule has 1 aliphatic heterocycles. The molecular weight excluding hydrogens is 524 g/mol. The number of hydrogen-bond acceptors (Lipinski definition) is 3. The molecule has 4 nitrogen and oxygen atoms in total. The Bertz CT molecular complexity index is 1660. The van der Waals surface area contributed by atoms with Gasteiger partial charge in [0.1, 0.15) is 5.52 Å². The zero-order valence-electron chi connectivity index (χ0n) is 23.0. The largest absolute Gasteiger partial charge is 0.330 e. The summed E-state index contributed by atoms with van der Waals surface area (Å²) in [6.07, 6.45) is 5.36. The average molecular weight is 557 g/mol. The third-order valence-electron chi connectivity index (χ3n) is 8.85. The predicted molar refractivity (Wildman–Crippen MR) is 168 cm³/mol. The zero-order valence-corrected chi connectivity index (χ0v) is 23.8. The highest BCUT2D eigenvalue weighted by molar-refractivity contribution is 6.35. The van der Waals surface area contributed by atoms with Gasteiger partial charge >= 0.3 is 0 Å². The van der Waals surface area contributed by atoms with Gasteiger partial charge in [-0.15, -0.1) is 0 Å². The lowest BCUT2D eigenvalue weighted by Gasteiger charge is -2.48.